The van der Waals surface area contributed by atoms with Crippen molar-refractivity contribution in [3.05, 3.63) is 46.6 Å². The molecule has 3 aromatic rings. The molecule has 3 heterocycles. The Morgan fingerprint density at radius 1 is 1.24 bits per heavy atom. The number of hydrogen-bond donors (Lipinski definition) is 3. The van der Waals surface area contributed by atoms with Gasteiger partial charge in [0.1, 0.15) is 5.56 Å². The monoisotopic (exact) mass is 502 g/mol. The lowest BCUT2D eigenvalue weighted by molar-refractivity contribution is 0.0140. The van der Waals surface area contributed by atoms with Crippen molar-refractivity contribution in [2.45, 2.75) is 83.5 Å². The minimum Gasteiger partial charge on any atom is -0.390 e. The number of carbonyl (C=O) groups excluding carboxylic acids is 2. The van der Waals surface area contributed by atoms with Gasteiger partial charge in [-0.1, -0.05) is 0 Å². The highest BCUT2D eigenvalue weighted by molar-refractivity contribution is 6.04. The normalized spacial score (nSPS) is 24.4. The van der Waals surface area contributed by atoms with E-state index in [2.05, 4.69) is 17.3 Å². The zero-order valence-electron chi connectivity index (χ0n) is 21.6. The predicted molar refractivity (Wildman–Crippen MR) is 140 cm³/mol. The number of aromatic nitrogens is 3. The van der Waals surface area contributed by atoms with Crippen LogP contribution in [0, 0.1) is 12.8 Å². The van der Waals surface area contributed by atoms with Gasteiger partial charge < -0.3 is 21.1 Å². The molecule has 0 radical (unpaired) electrons. The fraction of sp³-hybridized carbons (Fsp3) is 0.500. The van der Waals surface area contributed by atoms with Gasteiger partial charge in [-0.2, -0.15) is 0 Å². The number of nitrogens with two attached hydrogens (primary N) is 1. The second-order valence-corrected chi connectivity index (χ2v) is 11.4. The van der Waals surface area contributed by atoms with Crippen LogP contribution in [0.5, 0.6) is 0 Å². The maximum atomic E-state index is 13.2. The fourth-order valence-electron chi connectivity index (χ4n) is 5.97. The Morgan fingerprint density at radius 2 is 1.97 bits per heavy atom. The molecule has 1 unspecified atom stereocenters. The van der Waals surface area contributed by atoms with Crippen molar-refractivity contribution < 1.29 is 14.7 Å². The SMILES string of the molecule is Cc1cc(-c2ccn3nc(N)c(C(=O)N[C@H]4CC[C@@](C)(O)CC4)c3n2)cc2c1C(=O)N(C(C)C1CC1)C2. The summed E-state index contributed by atoms with van der Waals surface area (Å²) in [7, 11) is 0. The lowest BCUT2D eigenvalue weighted by Gasteiger charge is -2.33. The number of anilines is 1. The Balaban J connectivity index is 1.30. The molecule has 3 aliphatic rings. The molecule has 2 fully saturated rings. The summed E-state index contributed by atoms with van der Waals surface area (Å²) in [5.41, 5.74) is 10.5. The van der Waals surface area contributed by atoms with Crippen molar-refractivity contribution >= 4 is 23.3 Å². The summed E-state index contributed by atoms with van der Waals surface area (Å²) in [5.74, 6) is 0.559. The molecule has 9 nitrogen and oxygen atoms in total. The summed E-state index contributed by atoms with van der Waals surface area (Å²) in [6.45, 7) is 6.58. The van der Waals surface area contributed by atoms with Crippen LogP contribution in [0.2, 0.25) is 0 Å². The van der Waals surface area contributed by atoms with E-state index in [-0.39, 0.29) is 35.3 Å². The molecule has 194 valence electrons. The van der Waals surface area contributed by atoms with Gasteiger partial charge in [-0.25, -0.2) is 9.50 Å². The van der Waals surface area contributed by atoms with Gasteiger partial charge in [0.15, 0.2) is 11.5 Å². The van der Waals surface area contributed by atoms with Gasteiger partial charge in [-0.3, -0.25) is 9.59 Å². The summed E-state index contributed by atoms with van der Waals surface area (Å²) in [4.78, 5) is 33.2. The smallest absolute Gasteiger partial charge is 0.259 e. The Labute approximate surface area is 216 Å². The molecule has 9 heteroatoms. The molecule has 0 bridgehead atoms. The molecule has 6 rings (SSSR count). The van der Waals surface area contributed by atoms with E-state index >= 15 is 0 Å². The van der Waals surface area contributed by atoms with Gasteiger partial charge in [0.25, 0.3) is 11.8 Å². The topological polar surface area (TPSA) is 126 Å². The average Bonchev–Trinajstić information content (AvgIpc) is 3.57. The molecule has 0 saturated heterocycles. The van der Waals surface area contributed by atoms with E-state index in [1.54, 1.807) is 6.20 Å². The van der Waals surface area contributed by atoms with E-state index in [4.69, 9.17) is 10.7 Å². The highest BCUT2D eigenvalue weighted by Crippen LogP contribution is 2.40. The summed E-state index contributed by atoms with van der Waals surface area (Å²) < 4.78 is 1.53. The van der Waals surface area contributed by atoms with Crippen molar-refractivity contribution in [1.29, 1.82) is 0 Å². The number of benzene rings is 1. The van der Waals surface area contributed by atoms with Crippen molar-refractivity contribution in [2.24, 2.45) is 5.92 Å². The second kappa shape index (κ2) is 8.55. The van der Waals surface area contributed by atoms with E-state index < -0.39 is 5.60 Å². The molecule has 4 N–H and O–H groups in total. The van der Waals surface area contributed by atoms with E-state index in [0.29, 0.717) is 49.5 Å². The number of nitrogens with one attached hydrogen (secondary N) is 1. The number of rotatable bonds is 5. The summed E-state index contributed by atoms with van der Waals surface area (Å²) in [6, 6.07) is 6.12. The standard InChI is InChI=1S/C28H34N6O3/c1-15-12-18(13-19-14-33(27(36)22(15)19)16(2)17-4-5-17)21-8-11-34-25(31-21)23(24(29)32-34)26(35)30-20-6-9-28(3,37)10-7-20/h8,11-13,16-17,20,37H,4-7,9-10,14H2,1-3H3,(H2,29,32)(H,30,35)/t16?,20-,28+. The number of nitrogen functional groups attached to an aromatic ring is 1. The van der Waals surface area contributed by atoms with Crippen molar-refractivity contribution in [3.8, 4) is 11.3 Å². The van der Waals surface area contributed by atoms with E-state index in [0.717, 1.165) is 22.3 Å². The van der Waals surface area contributed by atoms with Crippen LogP contribution in [-0.4, -0.2) is 54.1 Å². The van der Waals surface area contributed by atoms with E-state index in [1.807, 2.05) is 36.9 Å². The third kappa shape index (κ3) is 4.25. The first-order valence-electron chi connectivity index (χ1n) is 13.2. The third-order valence-corrected chi connectivity index (χ3v) is 8.46. The van der Waals surface area contributed by atoms with E-state index in [1.165, 1.54) is 17.4 Å². The molecule has 1 aliphatic heterocycles. The molecule has 37 heavy (non-hydrogen) atoms. The highest BCUT2D eigenvalue weighted by atomic mass is 16.3. The molecular formula is C28H34N6O3. The van der Waals surface area contributed by atoms with Crippen LogP contribution in [0.1, 0.15) is 84.2 Å². The lowest BCUT2D eigenvalue weighted by Crippen LogP contribution is -2.42. The molecule has 1 atom stereocenters. The molecule has 0 spiro atoms. The van der Waals surface area contributed by atoms with Gasteiger partial charge >= 0.3 is 0 Å². The number of aryl methyl sites for hydroxylation is 1. The Morgan fingerprint density at radius 3 is 2.68 bits per heavy atom. The Hall–Kier alpha value is -3.46. The number of fused-ring (bicyclic) bond motifs is 2. The minimum atomic E-state index is -0.674. The molecule has 2 saturated carbocycles. The molecule has 2 aromatic heterocycles. The zero-order chi connectivity index (χ0) is 26.1. The molecule has 2 aliphatic carbocycles. The first-order valence-corrected chi connectivity index (χ1v) is 13.2. The van der Waals surface area contributed by atoms with Gasteiger partial charge in [0, 0.05) is 36.0 Å². The van der Waals surface area contributed by atoms with Crippen LogP contribution in [-0.2, 0) is 6.54 Å². The van der Waals surface area contributed by atoms with Crippen LogP contribution in [0.25, 0.3) is 16.9 Å². The van der Waals surface area contributed by atoms with Gasteiger partial charge in [0.2, 0.25) is 0 Å². The summed E-state index contributed by atoms with van der Waals surface area (Å²) in [5, 5.41) is 17.6. The number of amides is 2. The zero-order valence-corrected chi connectivity index (χ0v) is 21.6. The largest absolute Gasteiger partial charge is 0.390 e. The van der Waals surface area contributed by atoms with Crippen LogP contribution >= 0.6 is 0 Å². The predicted octanol–water partition coefficient (Wildman–Crippen LogP) is 3.46. The number of hydrogen-bond acceptors (Lipinski definition) is 6. The first-order chi connectivity index (χ1) is 17.6. The summed E-state index contributed by atoms with van der Waals surface area (Å²) >= 11 is 0. The Kier molecular flexibility index (Phi) is 5.52. The van der Waals surface area contributed by atoms with E-state index in [9.17, 15) is 14.7 Å². The average molecular weight is 503 g/mol. The van der Waals surface area contributed by atoms with Crippen molar-refractivity contribution in [1.82, 2.24) is 24.8 Å². The van der Waals surface area contributed by atoms with Crippen LogP contribution < -0.4 is 11.1 Å². The quantitative estimate of drug-likeness (QED) is 0.491. The lowest BCUT2D eigenvalue weighted by atomic mass is 9.83. The fourth-order valence-corrected chi connectivity index (χ4v) is 5.97. The number of carbonyl (C=O) groups is 2. The summed E-state index contributed by atoms with van der Waals surface area (Å²) in [6.07, 6.45) is 6.85. The minimum absolute atomic E-state index is 0.0249. The van der Waals surface area contributed by atoms with Gasteiger partial charge in [0.05, 0.1) is 11.3 Å². The Bertz CT molecular complexity index is 1410. The van der Waals surface area contributed by atoms with Gasteiger partial charge in [-0.05, 0) is 94.5 Å². The maximum Gasteiger partial charge on any atom is 0.259 e. The third-order valence-electron chi connectivity index (χ3n) is 8.46. The van der Waals surface area contributed by atoms with Crippen molar-refractivity contribution in [2.75, 3.05) is 5.73 Å². The van der Waals surface area contributed by atoms with Crippen molar-refractivity contribution in [3.63, 3.8) is 0 Å². The number of nitrogens with zero attached hydrogens (tertiary/aromatic N) is 4. The second-order valence-electron chi connectivity index (χ2n) is 11.4. The number of aliphatic hydroxyl groups is 1. The molecule has 2 amide bonds. The molecular weight excluding hydrogens is 468 g/mol. The maximum absolute atomic E-state index is 13.2. The first kappa shape index (κ1) is 23.9. The van der Waals surface area contributed by atoms with Gasteiger partial charge in [-0.15, -0.1) is 5.10 Å². The van der Waals surface area contributed by atoms with Crippen LogP contribution in [0.3, 0.4) is 0 Å². The van der Waals surface area contributed by atoms with Crippen LogP contribution in [0.15, 0.2) is 24.4 Å². The highest BCUT2D eigenvalue weighted by Gasteiger charge is 2.39. The van der Waals surface area contributed by atoms with Crippen LogP contribution in [0.4, 0.5) is 5.82 Å². The molecule has 1 aromatic carbocycles.